The lowest BCUT2D eigenvalue weighted by molar-refractivity contribution is -0.118. The van der Waals surface area contributed by atoms with Crippen LogP contribution in [-0.2, 0) is 18.4 Å². The van der Waals surface area contributed by atoms with Crippen LogP contribution in [-0.4, -0.2) is 39.8 Å². The highest BCUT2D eigenvalue weighted by Gasteiger charge is 2.10. The van der Waals surface area contributed by atoms with Gasteiger partial charge in [0.15, 0.2) is 18.1 Å². The standard InChI is InChI=1S/C19H22N6O3/c1-13-4-7-15(8-5-13)21-18(26)12-28-16-9-6-14(10-17(16)27-3)11-20-19-22-23-24-25(19)2/h4-10H,11-12H2,1-3H3,(H,21,26)(H,20,22,24). The molecule has 1 aromatic heterocycles. The lowest BCUT2D eigenvalue weighted by atomic mass is 10.2. The first-order chi connectivity index (χ1) is 13.5. The Balaban J connectivity index is 1.56. The summed E-state index contributed by atoms with van der Waals surface area (Å²) >= 11 is 0. The van der Waals surface area contributed by atoms with Crippen LogP contribution in [0.25, 0.3) is 0 Å². The molecule has 9 heteroatoms. The third-order valence-corrected chi connectivity index (χ3v) is 3.99. The number of aromatic nitrogens is 4. The number of benzene rings is 2. The first-order valence-electron chi connectivity index (χ1n) is 8.67. The van der Waals surface area contributed by atoms with Gasteiger partial charge in [-0.15, -0.1) is 0 Å². The van der Waals surface area contributed by atoms with Gasteiger partial charge in [-0.3, -0.25) is 4.79 Å². The number of rotatable bonds is 8. The first-order valence-corrected chi connectivity index (χ1v) is 8.67. The molecule has 0 radical (unpaired) electrons. The predicted octanol–water partition coefficient (Wildman–Crippen LogP) is 2.16. The number of tetrazole rings is 1. The molecule has 0 aliphatic rings. The molecule has 2 N–H and O–H groups in total. The third kappa shape index (κ3) is 4.97. The Bertz CT molecular complexity index is 939. The van der Waals surface area contributed by atoms with Crippen LogP contribution in [0, 0.1) is 6.92 Å². The predicted molar refractivity (Wildman–Crippen MR) is 104 cm³/mol. The largest absolute Gasteiger partial charge is 0.493 e. The fourth-order valence-electron chi connectivity index (χ4n) is 2.48. The number of carbonyl (C=O) groups excluding carboxylic acids is 1. The van der Waals surface area contributed by atoms with E-state index in [1.54, 1.807) is 24.9 Å². The van der Waals surface area contributed by atoms with E-state index in [4.69, 9.17) is 9.47 Å². The van der Waals surface area contributed by atoms with E-state index in [1.165, 1.54) is 0 Å². The van der Waals surface area contributed by atoms with Crippen molar-refractivity contribution in [3.63, 3.8) is 0 Å². The zero-order chi connectivity index (χ0) is 19.9. The molecule has 0 atom stereocenters. The summed E-state index contributed by atoms with van der Waals surface area (Å²) in [6, 6.07) is 13.1. The van der Waals surface area contributed by atoms with Gasteiger partial charge >= 0.3 is 0 Å². The third-order valence-electron chi connectivity index (χ3n) is 3.99. The van der Waals surface area contributed by atoms with Gasteiger partial charge in [0, 0.05) is 19.3 Å². The van der Waals surface area contributed by atoms with E-state index < -0.39 is 0 Å². The fraction of sp³-hybridized carbons (Fsp3) is 0.263. The summed E-state index contributed by atoms with van der Waals surface area (Å²) in [4.78, 5) is 12.1. The number of nitrogens with zero attached hydrogens (tertiary/aromatic N) is 4. The van der Waals surface area contributed by atoms with Crippen molar-refractivity contribution in [3.8, 4) is 11.5 Å². The number of nitrogens with one attached hydrogen (secondary N) is 2. The number of hydrogen-bond acceptors (Lipinski definition) is 7. The number of carbonyl (C=O) groups is 1. The molecular weight excluding hydrogens is 360 g/mol. The highest BCUT2D eigenvalue weighted by Crippen LogP contribution is 2.28. The highest BCUT2D eigenvalue weighted by atomic mass is 16.5. The molecule has 0 saturated heterocycles. The molecule has 1 heterocycles. The summed E-state index contributed by atoms with van der Waals surface area (Å²) in [5.74, 6) is 1.35. The first kappa shape index (κ1) is 19.2. The van der Waals surface area contributed by atoms with Crippen LogP contribution < -0.4 is 20.1 Å². The maximum Gasteiger partial charge on any atom is 0.262 e. The second-order valence-corrected chi connectivity index (χ2v) is 6.17. The molecular formula is C19H22N6O3. The van der Waals surface area contributed by atoms with Gasteiger partial charge in [0.25, 0.3) is 5.91 Å². The highest BCUT2D eigenvalue weighted by molar-refractivity contribution is 5.91. The molecule has 3 rings (SSSR count). The van der Waals surface area contributed by atoms with Crippen LogP contribution in [0.5, 0.6) is 11.5 Å². The number of methoxy groups -OCH3 is 1. The van der Waals surface area contributed by atoms with Gasteiger partial charge in [-0.25, -0.2) is 4.68 Å². The van der Waals surface area contributed by atoms with Gasteiger partial charge < -0.3 is 20.1 Å². The molecule has 0 spiro atoms. The number of ether oxygens (including phenoxy) is 2. The van der Waals surface area contributed by atoms with E-state index in [2.05, 4.69) is 26.2 Å². The molecule has 146 valence electrons. The zero-order valence-electron chi connectivity index (χ0n) is 16.0. The topological polar surface area (TPSA) is 103 Å². The summed E-state index contributed by atoms with van der Waals surface area (Å²) in [7, 11) is 3.31. The molecule has 0 unspecified atom stereocenters. The van der Waals surface area contributed by atoms with Crippen LogP contribution in [0.1, 0.15) is 11.1 Å². The van der Waals surface area contributed by atoms with Crippen LogP contribution in [0.3, 0.4) is 0 Å². The fourth-order valence-corrected chi connectivity index (χ4v) is 2.48. The van der Waals surface area contributed by atoms with Gasteiger partial charge in [0.05, 0.1) is 7.11 Å². The van der Waals surface area contributed by atoms with Gasteiger partial charge in [-0.1, -0.05) is 28.9 Å². The Labute approximate surface area is 162 Å². The monoisotopic (exact) mass is 382 g/mol. The summed E-state index contributed by atoms with van der Waals surface area (Å²) in [5, 5.41) is 17.1. The van der Waals surface area contributed by atoms with Crippen molar-refractivity contribution >= 4 is 17.5 Å². The Kier molecular flexibility index (Phi) is 6.05. The molecule has 0 fully saturated rings. The van der Waals surface area contributed by atoms with E-state index in [1.807, 2.05) is 43.3 Å². The van der Waals surface area contributed by atoms with Gasteiger partial charge in [0.2, 0.25) is 5.95 Å². The SMILES string of the molecule is COc1cc(CNc2nnnn2C)ccc1OCC(=O)Nc1ccc(C)cc1. The normalized spacial score (nSPS) is 10.4. The smallest absolute Gasteiger partial charge is 0.262 e. The molecule has 2 aromatic carbocycles. The molecule has 0 aliphatic carbocycles. The summed E-state index contributed by atoms with van der Waals surface area (Å²) in [5.41, 5.74) is 2.81. The molecule has 0 bridgehead atoms. The van der Waals surface area contributed by atoms with Crippen molar-refractivity contribution in [1.29, 1.82) is 0 Å². The van der Waals surface area contributed by atoms with Crippen molar-refractivity contribution in [2.45, 2.75) is 13.5 Å². The van der Waals surface area contributed by atoms with Gasteiger partial charge in [-0.2, -0.15) is 0 Å². The Morgan fingerprint density at radius 2 is 1.93 bits per heavy atom. The second-order valence-electron chi connectivity index (χ2n) is 6.17. The maximum absolute atomic E-state index is 12.1. The van der Waals surface area contributed by atoms with E-state index in [0.717, 1.165) is 16.8 Å². The molecule has 0 aliphatic heterocycles. The van der Waals surface area contributed by atoms with E-state index in [9.17, 15) is 4.79 Å². The molecule has 28 heavy (non-hydrogen) atoms. The van der Waals surface area contributed by atoms with Crippen molar-refractivity contribution in [1.82, 2.24) is 20.2 Å². The quantitative estimate of drug-likeness (QED) is 0.615. The summed E-state index contributed by atoms with van der Waals surface area (Å²) < 4.78 is 12.5. The van der Waals surface area contributed by atoms with Crippen LogP contribution in [0.2, 0.25) is 0 Å². The summed E-state index contributed by atoms with van der Waals surface area (Å²) in [6.07, 6.45) is 0. The van der Waals surface area contributed by atoms with E-state index in [-0.39, 0.29) is 12.5 Å². The minimum atomic E-state index is -0.244. The van der Waals surface area contributed by atoms with E-state index in [0.29, 0.717) is 24.0 Å². The Hall–Kier alpha value is -3.62. The Morgan fingerprint density at radius 3 is 2.61 bits per heavy atom. The van der Waals surface area contributed by atoms with Crippen molar-refractivity contribution < 1.29 is 14.3 Å². The minimum absolute atomic E-state index is 0.119. The lowest BCUT2D eigenvalue weighted by Crippen LogP contribution is -2.20. The lowest BCUT2D eigenvalue weighted by Gasteiger charge is -2.13. The van der Waals surface area contributed by atoms with Crippen molar-refractivity contribution in [2.24, 2.45) is 7.05 Å². The zero-order valence-corrected chi connectivity index (χ0v) is 16.0. The van der Waals surface area contributed by atoms with Crippen molar-refractivity contribution in [2.75, 3.05) is 24.4 Å². The number of hydrogen-bond donors (Lipinski definition) is 2. The minimum Gasteiger partial charge on any atom is -0.493 e. The average Bonchev–Trinajstić information content (AvgIpc) is 3.11. The Morgan fingerprint density at radius 1 is 1.14 bits per heavy atom. The number of aryl methyl sites for hydroxylation is 2. The van der Waals surface area contributed by atoms with E-state index >= 15 is 0 Å². The van der Waals surface area contributed by atoms with Gasteiger partial charge in [0.1, 0.15) is 0 Å². The molecule has 1 amide bonds. The van der Waals surface area contributed by atoms with Crippen LogP contribution in [0.15, 0.2) is 42.5 Å². The maximum atomic E-state index is 12.1. The molecule has 3 aromatic rings. The summed E-state index contributed by atoms with van der Waals surface area (Å²) in [6.45, 7) is 2.38. The van der Waals surface area contributed by atoms with Crippen LogP contribution >= 0.6 is 0 Å². The molecule has 9 nitrogen and oxygen atoms in total. The van der Waals surface area contributed by atoms with Crippen molar-refractivity contribution in [3.05, 3.63) is 53.6 Å². The second kappa shape index (κ2) is 8.85. The number of anilines is 2. The van der Waals surface area contributed by atoms with Crippen LogP contribution in [0.4, 0.5) is 11.6 Å². The number of amides is 1. The average molecular weight is 382 g/mol. The molecule has 0 saturated carbocycles. The van der Waals surface area contributed by atoms with Gasteiger partial charge in [-0.05, 0) is 47.2 Å².